The molecule has 1 fully saturated rings. The van der Waals surface area contributed by atoms with Crippen LogP contribution in [0, 0.1) is 0 Å². The highest BCUT2D eigenvalue weighted by molar-refractivity contribution is 7.80. The number of ether oxygens (including phenoxy) is 1. The predicted molar refractivity (Wildman–Crippen MR) is 93.4 cm³/mol. The average Bonchev–Trinajstić information content (AvgIpc) is 3.17. The lowest BCUT2D eigenvalue weighted by Gasteiger charge is -2.09. The number of aryl methyl sites for hydroxylation is 1. The molecule has 0 aliphatic carbocycles. The Morgan fingerprint density at radius 2 is 2.30 bits per heavy atom. The van der Waals surface area contributed by atoms with E-state index in [9.17, 15) is 5.11 Å². The normalized spacial score (nSPS) is 18.0. The molecule has 122 valence electrons. The number of hydrogen-bond acceptors (Lipinski definition) is 4. The molecule has 0 saturated carbocycles. The number of fused-ring (bicyclic) bond motifs is 1. The molecule has 7 heteroatoms. The van der Waals surface area contributed by atoms with E-state index in [2.05, 4.69) is 15.5 Å². The number of benzene rings is 1. The van der Waals surface area contributed by atoms with Gasteiger partial charge in [-0.05, 0) is 38.0 Å². The zero-order valence-electron chi connectivity index (χ0n) is 13.0. The molecule has 1 aliphatic heterocycles. The van der Waals surface area contributed by atoms with Crippen molar-refractivity contribution in [1.29, 1.82) is 0 Å². The second kappa shape index (κ2) is 7.06. The topological polar surface area (TPSA) is 71.1 Å². The first-order chi connectivity index (χ1) is 11.2. The van der Waals surface area contributed by atoms with Gasteiger partial charge in [0.05, 0.1) is 11.6 Å². The number of thiocarbonyl (C=S) groups is 1. The third kappa shape index (κ3) is 3.35. The number of hydrogen-bond donors (Lipinski definition) is 2. The van der Waals surface area contributed by atoms with Gasteiger partial charge in [0.2, 0.25) is 11.0 Å². The average molecular weight is 332 g/mol. The predicted octanol–water partition coefficient (Wildman–Crippen LogP) is 3.50. The molecule has 1 aliphatic rings. The van der Waals surface area contributed by atoms with Crippen LogP contribution in [0.5, 0.6) is 5.88 Å². The molecule has 3 rings (SSSR count). The van der Waals surface area contributed by atoms with Crippen LogP contribution in [-0.2, 0) is 11.3 Å². The largest absolute Gasteiger partial charge is 0.493 e. The summed E-state index contributed by atoms with van der Waals surface area (Å²) in [5.41, 5.74) is 1.38. The van der Waals surface area contributed by atoms with Crippen LogP contribution in [0.2, 0.25) is 0 Å². The van der Waals surface area contributed by atoms with Gasteiger partial charge in [-0.1, -0.05) is 18.2 Å². The fourth-order valence-electron chi connectivity index (χ4n) is 2.83. The first-order valence-electron chi connectivity index (χ1n) is 7.82. The SMILES string of the molecule is CCn1c(O)c(N=NC(=S)NC[C@@H]2CCCO2)c2ccccc21. The minimum Gasteiger partial charge on any atom is -0.493 e. The maximum absolute atomic E-state index is 10.4. The highest BCUT2D eigenvalue weighted by Crippen LogP contribution is 2.38. The quantitative estimate of drug-likeness (QED) is 0.664. The summed E-state index contributed by atoms with van der Waals surface area (Å²) in [5, 5.41) is 22.7. The molecular formula is C16H20N4O2S. The molecule has 2 aromatic rings. The molecular weight excluding hydrogens is 312 g/mol. The lowest BCUT2D eigenvalue weighted by atomic mass is 10.2. The zero-order valence-corrected chi connectivity index (χ0v) is 13.8. The van der Waals surface area contributed by atoms with Gasteiger partial charge in [0.25, 0.3) is 0 Å². The second-order valence-electron chi connectivity index (χ2n) is 5.45. The first kappa shape index (κ1) is 15.9. The summed E-state index contributed by atoms with van der Waals surface area (Å²) in [5.74, 6) is 0.111. The Balaban J connectivity index is 1.75. The van der Waals surface area contributed by atoms with E-state index in [1.165, 1.54) is 0 Å². The number of aromatic hydroxyl groups is 1. The van der Waals surface area contributed by atoms with E-state index < -0.39 is 0 Å². The van der Waals surface area contributed by atoms with Crippen molar-refractivity contribution in [1.82, 2.24) is 9.88 Å². The van der Waals surface area contributed by atoms with Gasteiger partial charge in [-0.3, -0.25) is 0 Å². The first-order valence-corrected chi connectivity index (χ1v) is 8.23. The number of aromatic nitrogens is 1. The molecule has 2 heterocycles. The lowest BCUT2D eigenvalue weighted by molar-refractivity contribution is 0.114. The maximum Gasteiger partial charge on any atom is 0.220 e. The summed E-state index contributed by atoms with van der Waals surface area (Å²) in [6.45, 7) is 4.08. The summed E-state index contributed by atoms with van der Waals surface area (Å²) in [6, 6.07) is 7.71. The summed E-state index contributed by atoms with van der Waals surface area (Å²) in [6.07, 6.45) is 2.32. The second-order valence-corrected chi connectivity index (χ2v) is 5.84. The molecule has 1 aromatic heterocycles. The third-order valence-electron chi connectivity index (χ3n) is 3.98. The van der Waals surface area contributed by atoms with Crippen LogP contribution in [0.1, 0.15) is 19.8 Å². The molecule has 0 spiro atoms. The highest BCUT2D eigenvalue weighted by atomic mass is 32.1. The van der Waals surface area contributed by atoms with Crippen molar-refractivity contribution < 1.29 is 9.84 Å². The van der Waals surface area contributed by atoms with E-state index in [-0.39, 0.29) is 12.0 Å². The van der Waals surface area contributed by atoms with Gasteiger partial charge in [0.1, 0.15) is 0 Å². The summed E-state index contributed by atoms with van der Waals surface area (Å²) >= 11 is 5.17. The van der Waals surface area contributed by atoms with Gasteiger partial charge in [0.15, 0.2) is 5.69 Å². The van der Waals surface area contributed by atoms with E-state index in [1.807, 2.05) is 31.2 Å². The van der Waals surface area contributed by atoms with Crippen LogP contribution in [0.25, 0.3) is 10.9 Å². The van der Waals surface area contributed by atoms with E-state index in [1.54, 1.807) is 4.57 Å². The maximum atomic E-state index is 10.4. The Morgan fingerprint density at radius 3 is 3.04 bits per heavy atom. The number of nitrogens with zero attached hydrogens (tertiary/aromatic N) is 3. The number of nitrogens with one attached hydrogen (secondary N) is 1. The van der Waals surface area contributed by atoms with Crippen molar-refractivity contribution in [2.24, 2.45) is 10.2 Å². The van der Waals surface area contributed by atoms with Crippen LogP contribution < -0.4 is 5.32 Å². The van der Waals surface area contributed by atoms with E-state index in [4.69, 9.17) is 17.0 Å². The molecule has 1 atom stereocenters. The van der Waals surface area contributed by atoms with Gasteiger partial charge >= 0.3 is 0 Å². The monoisotopic (exact) mass is 332 g/mol. The molecule has 1 saturated heterocycles. The fourth-order valence-corrected chi connectivity index (χ4v) is 2.95. The van der Waals surface area contributed by atoms with Crippen molar-refractivity contribution in [2.45, 2.75) is 32.4 Å². The summed E-state index contributed by atoms with van der Waals surface area (Å²) in [7, 11) is 0. The number of para-hydroxylation sites is 1. The Kier molecular flexibility index (Phi) is 4.88. The summed E-state index contributed by atoms with van der Waals surface area (Å²) < 4.78 is 7.32. The molecule has 2 N–H and O–H groups in total. The van der Waals surface area contributed by atoms with Crippen molar-refractivity contribution in [3.63, 3.8) is 0 Å². The summed E-state index contributed by atoms with van der Waals surface area (Å²) in [4.78, 5) is 0. The highest BCUT2D eigenvalue weighted by Gasteiger charge is 2.16. The van der Waals surface area contributed by atoms with Crippen LogP contribution in [0.4, 0.5) is 5.69 Å². The molecule has 6 nitrogen and oxygen atoms in total. The zero-order chi connectivity index (χ0) is 16.2. The lowest BCUT2D eigenvalue weighted by Crippen LogP contribution is -2.29. The standard InChI is InChI=1S/C16H20N4O2S/c1-2-20-13-8-4-3-7-12(13)14(15(20)21)18-19-16(23)17-10-11-6-5-9-22-11/h3-4,7-8,11,21H,2,5-6,9-10H2,1H3,(H,17,23)/t11-/m0/s1. The van der Waals surface area contributed by atoms with Crippen molar-refractivity contribution in [3.8, 4) is 5.88 Å². The number of rotatable bonds is 4. The Morgan fingerprint density at radius 1 is 1.48 bits per heavy atom. The minimum absolute atomic E-state index is 0.111. The molecule has 1 aromatic carbocycles. The van der Waals surface area contributed by atoms with Crippen LogP contribution >= 0.6 is 12.2 Å². The van der Waals surface area contributed by atoms with Gasteiger partial charge in [0, 0.05) is 25.1 Å². The Bertz CT molecular complexity index is 735. The van der Waals surface area contributed by atoms with Gasteiger partial charge in [-0.25, -0.2) is 0 Å². The van der Waals surface area contributed by atoms with Crippen molar-refractivity contribution >= 4 is 33.9 Å². The molecule has 23 heavy (non-hydrogen) atoms. The van der Waals surface area contributed by atoms with Gasteiger partial charge < -0.3 is 19.7 Å². The van der Waals surface area contributed by atoms with Gasteiger partial charge in [-0.2, -0.15) is 0 Å². The van der Waals surface area contributed by atoms with Crippen molar-refractivity contribution in [2.75, 3.05) is 13.2 Å². The minimum atomic E-state index is 0.111. The fraction of sp³-hybridized carbons (Fsp3) is 0.438. The Labute approximate surface area is 140 Å². The Hall–Kier alpha value is -1.99. The number of azo groups is 1. The van der Waals surface area contributed by atoms with Crippen molar-refractivity contribution in [3.05, 3.63) is 24.3 Å². The van der Waals surface area contributed by atoms with Crippen LogP contribution in [0.15, 0.2) is 34.5 Å². The smallest absolute Gasteiger partial charge is 0.220 e. The third-order valence-corrected chi connectivity index (χ3v) is 4.21. The van der Waals surface area contributed by atoms with Crippen LogP contribution in [-0.4, -0.2) is 34.0 Å². The molecule has 0 amide bonds. The molecule has 0 bridgehead atoms. The van der Waals surface area contributed by atoms with E-state index in [0.717, 1.165) is 30.4 Å². The van der Waals surface area contributed by atoms with Crippen LogP contribution in [0.3, 0.4) is 0 Å². The van der Waals surface area contributed by atoms with Gasteiger partial charge in [-0.15, -0.1) is 10.2 Å². The molecule has 0 radical (unpaired) electrons. The molecule has 0 unspecified atom stereocenters. The van der Waals surface area contributed by atoms with E-state index >= 15 is 0 Å². The van der Waals surface area contributed by atoms with E-state index in [0.29, 0.717) is 23.9 Å².